The van der Waals surface area contributed by atoms with Crippen molar-refractivity contribution in [2.75, 3.05) is 13.3 Å². The summed E-state index contributed by atoms with van der Waals surface area (Å²) in [5.41, 5.74) is -0.160. The third-order valence-electron chi connectivity index (χ3n) is 0.889. The van der Waals surface area contributed by atoms with Gasteiger partial charge in [-0.05, 0) is 20.8 Å². The van der Waals surface area contributed by atoms with Crippen molar-refractivity contribution in [3.05, 3.63) is 0 Å². The summed E-state index contributed by atoms with van der Waals surface area (Å²) in [7, 11) is -0.831. The van der Waals surface area contributed by atoms with Crippen molar-refractivity contribution < 1.29 is 9.05 Å². The molecule has 0 spiro atoms. The van der Waals surface area contributed by atoms with Crippen LogP contribution in [0.15, 0.2) is 0 Å². The average Bonchev–Trinajstić information content (AvgIpc) is 1.84. The quantitative estimate of drug-likeness (QED) is 0.504. The second-order valence-electron chi connectivity index (χ2n) is 3.38. The van der Waals surface area contributed by atoms with E-state index in [0.29, 0.717) is 13.0 Å². The summed E-state index contributed by atoms with van der Waals surface area (Å²) in [4.78, 5) is 0. The van der Waals surface area contributed by atoms with E-state index in [9.17, 15) is 0 Å². The summed E-state index contributed by atoms with van der Waals surface area (Å²) >= 11 is 0. The van der Waals surface area contributed by atoms with Crippen molar-refractivity contribution in [1.82, 2.24) is 0 Å². The standard InChI is InChI=1S/C8H16NO2P/c1-8(2,3)11-12(4)10-7-5-6-9/h5,7H2,1-4H3. The number of hydrogen-bond donors (Lipinski definition) is 0. The van der Waals surface area contributed by atoms with Gasteiger partial charge in [0.05, 0.1) is 24.7 Å². The van der Waals surface area contributed by atoms with Gasteiger partial charge in [-0.25, -0.2) is 0 Å². The fourth-order valence-corrected chi connectivity index (χ4v) is 1.80. The molecular formula is C8H16NO2P. The molecular weight excluding hydrogens is 173 g/mol. The summed E-state index contributed by atoms with van der Waals surface area (Å²) in [5, 5.41) is 8.25. The first-order chi connectivity index (χ1) is 5.45. The van der Waals surface area contributed by atoms with E-state index >= 15 is 0 Å². The molecule has 0 heterocycles. The number of hydrogen-bond acceptors (Lipinski definition) is 3. The Labute approximate surface area is 75.6 Å². The lowest BCUT2D eigenvalue weighted by Crippen LogP contribution is -2.16. The maximum atomic E-state index is 8.25. The van der Waals surface area contributed by atoms with Crippen LogP contribution in [-0.2, 0) is 9.05 Å². The summed E-state index contributed by atoms with van der Waals surface area (Å²) in [6.07, 6.45) is 0.431. The van der Waals surface area contributed by atoms with Crippen molar-refractivity contribution in [3.8, 4) is 6.07 Å². The fraction of sp³-hybridized carbons (Fsp3) is 0.875. The van der Waals surface area contributed by atoms with E-state index in [-0.39, 0.29) is 5.60 Å². The molecule has 0 radical (unpaired) electrons. The normalized spacial score (nSPS) is 13.9. The highest BCUT2D eigenvalue weighted by molar-refractivity contribution is 7.46. The maximum absolute atomic E-state index is 8.25. The molecule has 0 aromatic rings. The van der Waals surface area contributed by atoms with Gasteiger partial charge >= 0.3 is 0 Å². The van der Waals surface area contributed by atoms with Crippen molar-refractivity contribution >= 4 is 8.38 Å². The van der Waals surface area contributed by atoms with Gasteiger partial charge in [0.25, 0.3) is 0 Å². The van der Waals surface area contributed by atoms with Crippen LogP contribution in [0.1, 0.15) is 27.2 Å². The summed E-state index contributed by atoms with van der Waals surface area (Å²) in [6.45, 7) is 8.32. The van der Waals surface area contributed by atoms with Crippen LogP contribution in [0.5, 0.6) is 0 Å². The number of nitrogens with zero attached hydrogens (tertiary/aromatic N) is 1. The first-order valence-electron chi connectivity index (χ1n) is 3.88. The molecule has 0 amide bonds. The van der Waals surface area contributed by atoms with Crippen LogP contribution in [0.2, 0.25) is 0 Å². The van der Waals surface area contributed by atoms with Crippen LogP contribution in [0, 0.1) is 11.3 Å². The molecule has 0 saturated carbocycles. The third kappa shape index (κ3) is 7.94. The van der Waals surface area contributed by atoms with E-state index in [4.69, 9.17) is 14.3 Å². The van der Waals surface area contributed by atoms with Crippen LogP contribution in [0.3, 0.4) is 0 Å². The zero-order valence-electron chi connectivity index (χ0n) is 8.13. The lowest BCUT2D eigenvalue weighted by atomic mass is 10.2. The van der Waals surface area contributed by atoms with Gasteiger partial charge in [0.1, 0.15) is 0 Å². The third-order valence-corrected chi connectivity index (χ3v) is 2.24. The van der Waals surface area contributed by atoms with Crippen molar-refractivity contribution in [1.29, 1.82) is 5.26 Å². The number of nitriles is 1. The molecule has 0 aliphatic carbocycles. The van der Waals surface area contributed by atoms with Crippen LogP contribution < -0.4 is 0 Å². The summed E-state index contributed by atoms with van der Waals surface area (Å²) in [5.74, 6) is 0. The Bertz CT molecular complexity index is 159. The maximum Gasteiger partial charge on any atom is 0.167 e. The largest absolute Gasteiger partial charge is 0.333 e. The minimum absolute atomic E-state index is 0.160. The Morgan fingerprint density at radius 2 is 2.00 bits per heavy atom. The molecule has 0 bridgehead atoms. The highest BCUT2D eigenvalue weighted by Gasteiger charge is 2.15. The number of rotatable bonds is 4. The van der Waals surface area contributed by atoms with Crippen LogP contribution in [-0.4, -0.2) is 18.9 Å². The molecule has 1 unspecified atom stereocenters. The van der Waals surface area contributed by atoms with Gasteiger partial charge in [-0.15, -0.1) is 0 Å². The fourth-order valence-electron chi connectivity index (χ4n) is 0.632. The van der Waals surface area contributed by atoms with Crippen LogP contribution >= 0.6 is 8.38 Å². The predicted octanol–water partition coefficient (Wildman–Crippen LogP) is 2.67. The SMILES string of the molecule is CP(OCCC#N)OC(C)(C)C. The first-order valence-corrected chi connectivity index (χ1v) is 5.51. The topological polar surface area (TPSA) is 42.2 Å². The Balaban J connectivity index is 3.48. The average molecular weight is 189 g/mol. The highest BCUT2D eigenvalue weighted by atomic mass is 31.2. The molecule has 1 atom stereocenters. The van der Waals surface area contributed by atoms with Crippen molar-refractivity contribution in [3.63, 3.8) is 0 Å². The Morgan fingerprint density at radius 3 is 2.42 bits per heavy atom. The molecule has 70 valence electrons. The van der Waals surface area contributed by atoms with Crippen molar-refractivity contribution in [2.45, 2.75) is 32.8 Å². The molecule has 0 N–H and O–H groups in total. The van der Waals surface area contributed by atoms with Gasteiger partial charge < -0.3 is 9.05 Å². The van der Waals surface area contributed by atoms with Crippen molar-refractivity contribution in [2.24, 2.45) is 0 Å². The summed E-state index contributed by atoms with van der Waals surface area (Å²) in [6, 6.07) is 2.02. The lowest BCUT2D eigenvalue weighted by Gasteiger charge is -2.23. The molecule has 0 aromatic carbocycles. The zero-order valence-corrected chi connectivity index (χ0v) is 9.02. The van der Waals surface area contributed by atoms with Gasteiger partial charge in [0.15, 0.2) is 8.38 Å². The predicted molar refractivity (Wildman–Crippen MR) is 49.9 cm³/mol. The Kier molecular flexibility index (Phi) is 5.41. The molecule has 0 saturated heterocycles. The summed E-state index contributed by atoms with van der Waals surface area (Å²) < 4.78 is 10.8. The molecule has 0 aromatic heterocycles. The molecule has 0 aliphatic heterocycles. The minimum atomic E-state index is -0.831. The van der Waals surface area contributed by atoms with Gasteiger partial charge in [0, 0.05) is 6.66 Å². The second-order valence-corrected chi connectivity index (χ2v) is 4.70. The monoisotopic (exact) mass is 189 g/mol. The molecule has 0 rings (SSSR count). The van der Waals surface area contributed by atoms with Gasteiger partial charge in [-0.2, -0.15) is 5.26 Å². The Hall–Kier alpha value is -0.160. The van der Waals surface area contributed by atoms with E-state index < -0.39 is 8.38 Å². The van der Waals surface area contributed by atoms with E-state index in [1.165, 1.54) is 0 Å². The minimum Gasteiger partial charge on any atom is -0.333 e. The van der Waals surface area contributed by atoms with Crippen LogP contribution in [0.4, 0.5) is 0 Å². The first kappa shape index (κ1) is 11.8. The van der Waals surface area contributed by atoms with E-state index in [0.717, 1.165) is 0 Å². The molecule has 12 heavy (non-hydrogen) atoms. The van der Waals surface area contributed by atoms with Crippen LogP contribution in [0.25, 0.3) is 0 Å². The molecule has 4 heteroatoms. The van der Waals surface area contributed by atoms with Gasteiger partial charge in [0.2, 0.25) is 0 Å². The molecule has 3 nitrogen and oxygen atoms in total. The van der Waals surface area contributed by atoms with Gasteiger partial charge in [-0.3, -0.25) is 0 Å². The van der Waals surface area contributed by atoms with E-state index in [1.807, 2.05) is 33.5 Å². The smallest absolute Gasteiger partial charge is 0.167 e. The molecule has 0 aliphatic rings. The highest BCUT2D eigenvalue weighted by Crippen LogP contribution is 2.38. The molecule has 0 fully saturated rings. The Morgan fingerprint density at radius 1 is 1.42 bits per heavy atom. The van der Waals surface area contributed by atoms with E-state index in [2.05, 4.69) is 0 Å². The van der Waals surface area contributed by atoms with E-state index in [1.54, 1.807) is 0 Å². The van der Waals surface area contributed by atoms with Gasteiger partial charge in [-0.1, -0.05) is 0 Å². The second kappa shape index (κ2) is 5.48. The zero-order chi connectivity index (χ0) is 9.61. The lowest BCUT2D eigenvalue weighted by molar-refractivity contribution is 0.121.